The number of likely N-dealkylation sites (tertiary alicyclic amines) is 1. The lowest BCUT2D eigenvalue weighted by Crippen LogP contribution is -2.35. The Morgan fingerprint density at radius 1 is 1.28 bits per heavy atom. The number of aliphatic carboxylic acids is 1. The van der Waals surface area contributed by atoms with Crippen LogP contribution in [-0.4, -0.2) is 96.8 Å². The molecule has 0 unspecified atom stereocenters. The third-order valence-electron chi connectivity index (χ3n) is 8.45. The van der Waals surface area contributed by atoms with Crippen LogP contribution in [0.2, 0.25) is 0 Å². The summed E-state index contributed by atoms with van der Waals surface area (Å²) >= 11 is 0. The Morgan fingerprint density at radius 3 is 2.72 bits per heavy atom. The van der Waals surface area contributed by atoms with E-state index in [2.05, 4.69) is 26.8 Å². The van der Waals surface area contributed by atoms with E-state index in [0.29, 0.717) is 34.6 Å². The van der Waals surface area contributed by atoms with E-state index in [1.54, 1.807) is 6.20 Å². The Balaban J connectivity index is 1.66. The average molecular weight is 646 g/mol. The summed E-state index contributed by atoms with van der Waals surface area (Å²) < 4.78 is 25.6. The van der Waals surface area contributed by atoms with E-state index in [0.717, 1.165) is 53.8 Å². The lowest BCUT2D eigenvalue weighted by atomic mass is 9.98. The van der Waals surface area contributed by atoms with Gasteiger partial charge in [0.25, 0.3) is 0 Å². The summed E-state index contributed by atoms with van der Waals surface area (Å²) in [7, 11) is 3.44. The quantitative estimate of drug-likeness (QED) is 0.147. The van der Waals surface area contributed by atoms with Crippen LogP contribution in [0.4, 0.5) is 20.6 Å². The number of carbonyl (C=O) groups is 3. The third-order valence-corrected chi connectivity index (χ3v) is 8.45. The number of aromatic amines is 1. The molecule has 2 saturated heterocycles. The number of nitrogens with zero attached hydrogens (tertiary/aromatic N) is 6. The predicted octanol–water partition coefficient (Wildman–Crippen LogP) is 4.46. The van der Waals surface area contributed by atoms with Crippen molar-refractivity contribution in [2.45, 2.75) is 39.3 Å². The first-order valence-corrected chi connectivity index (χ1v) is 15.1. The fourth-order valence-electron chi connectivity index (χ4n) is 6.35. The number of carboxylic acids is 1. The number of hydrogen-bond acceptors (Lipinski definition) is 10. The number of allylic oxidation sites excluding steroid dienone is 2. The van der Waals surface area contributed by atoms with Gasteiger partial charge in [0.15, 0.2) is 0 Å². The predicted molar refractivity (Wildman–Crippen MR) is 175 cm³/mol. The number of esters is 1. The molecule has 5 rings (SSSR count). The van der Waals surface area contributed by atoms with Gasteiger partial charge in [-0.1, -0.05) is 6.08 Å². The standard InChI is InChI=1S/C33H36FN7O6/c1-6-19(13-36-18(2)3)22-14-37-32-29(31(22)41-10-9-20-15-39(4)16-25(20)41)28-21(12-35)23(34)11-24(30(28)38-32)40(5)33(45)47-17-46-27(44)8-7-26(42)43/h6-8,11,13-14,18,20,25H,9-10,15-17H2,1-5H3,(H,37,38)(H,42,43)/b8-7+,19-6+,36-13-/t20-,25+/m0/s1. The number of anilines is 2. The highest BCUT2D eigenvalue weighted by atomic mass is 19.1. The maximum atomic E-state index is 15.8. The molecule has 1 aromatic carbocycles. The van der Waals surface area contributed by atoms with Gasteiger partial charge in [-0.2, -0.15) is 5.26 Å². The summed E-state index contributed by atoms with van der Waals surface area (Å²) in [6.07, 6.45) is 6.76. The van der Waals surface area contributed by atoms with Crippen LogP contribution in [0, 0.1) is 23.1 Å². The molecule has 2 aliphatic heterocycles. The molecule has 2 atom stereocenters. The van der Waals surface area contributed by atoms with E-state index in [1.807, 2.05) is 39.1 Å². The van der Waals surface area contributed by atoms with Crippen LogP contribution < -0.4 is 9.80 Å². The normalized spacial score (nSPS) is 18.5. The van der Waals surface area contributed by atoms with Crippen LogP contribution in [0.5, 0.6) is 0 Å². The van der Waals surface area contributed by atoms with Crippen molar-refractivity contribution < 1.29 is 33.4 Å². The minimum Gasteiger partial charge on any atom is -0.478 e. The zero-order chi connectivity index (χ0) is 34.0. The number of benzene rings is 1. The van der Waals surface area contributed by atoms with Gasteiger partial charge in [-0.3, -0.25) is 9.89 Å². The van der Waals surface area contributed by atoms with Gasteiger partial charge >= 0.3 is 18.0 Å². The molecule has 2 fully saturated rings. The Morgan fingerprint density at radius 2 is 2.04 bits per heavy atom. The minimum atomic E-state index is -1.35. The molecule has 3 aromatic rings. The highest BCUT2D eigenvalue weighted by Crippen LogP contribution is 2.46. The van der Waals surface area contributed by atoms with E-state index in [9.17, 15) is 19.6 Å². The summed E-state index contributed by atoms with van der Waals surface area (Å²) in [6, 6.07) is 3.33. The van der Waals surface area contributed by atoms with Crippen LogP contribution in [0.15, 0.2) is 35.5 Å². The number of carboxylic acid groups (broad SMARTS) is 1. The summed E-state index contributed by atoms with van der Waals surface area (Å²) in [5.41, 5.74) is 3.00. The topological polar surface area (TPSA) is 164 Å². The number of nitriles is 1. The maximum Gasteiger partial charge on any atom is 0.416 e. The number of aliphatic imine (C=N–C) groups is 1. The maximum absolute atomic E-state index is 15.8. The molecule has 1 amide bonds. The zero-order valence-corrected chi connectivity index (χ0v) is 26.8. The minimum absolute atomic E-state index is 0.0553. The number of ether oxygens (including phenoxy) is 2. The van der Waals surface area contributed by atoms with Crippen molar-refractivity contribution in [3.63, 3.8) is 0 Å². The van der Waals surface area contributed by atoms with Gasteiger partial charge in [-0.15, -0.1) is 0 Å². The second kappa shape index (κ2) is 13.6. The number of nitrogens with one attached hydrogen (secondary N) is 1. The molecule has 0 spiro atoms. The van der Waals surface area contributed by atoms with Gasteiger partial charge in [0, 0.05) is 80.3 Å². The van der Waals surface area contributed by atoms with Crippen molar-refractivity contribution in [3.8, 4) is 6.07 Å². The zero-order valence-electron chi connectivity index (χ0n) is 26.8. The molecule has 2 aliphatic rings. The molecule has 14 heteroatoms. The Labute approximate surface area is 270 Å². The van der Waals surface area contributed by atoms with Crippen molar-refractivity contribution in [1.29, 1.82) is 5.26 Å². The van der Waals surface area contributed by atoms with Crippen molar-refractivity contribution in [2.24, 2.45) is 10.9 Å². The molecular formula is C33H36FN7O6. The number of amides is 1. The van der Waals surface area contributed by atoms with E-state index >= 15 is 4.39 Å². The molecule has 2 aromatic heterocycles. The van der Waals surface area contributed by atoms with Gasteiger partial charge in [-0.05, 0) is 45.7 Å². The molecule has 0 saturated carbocycles. The third kappa shape index (κ3) is 6.52. The first-order chi connectivity index (χ1) is 22.4. The number of likely N-dealkylation sites (N-methyl/N-ethyl adjacent to an activating group) is 1. The Bertz CT molecular complexity index is 1870. The van der Waals surface area contributed by atoms with Gasteiger partial charge in [-0.25, -0.2) is 23.8 Å². The lowest BCUT2D eigenvalue weighted by Gasteiger charge is -2.29. The smallest absolute Gasteiger partial charge is 0.416 e. The van der Waals surface area contributed by atoms with Gasteiger partial charge in [0.1, 0.15) is 17.5 Å². The molecule has 13 nitrogen and oxygen atoms in total. The average Bonchev–Trinajstić information content (AvgIpc) is 3.71. The molecule has 0 bridgehead atoms. The van der Waals surface area contributed by atoms with Crippen molar-refractivity contribution in [3.05, 3.63) is 47.4 Å². The number of carbonyl (C=O) groups excluding carboxylic acids is 2. The molecule has 4 heterocycles. The number of hydrogen-bond donors (Lipinski definition) is 2. The molecular weight excluding hydrogens is 609 g/mol. The van der Waals surface area contributed by atoms with E-state index in [4.69, 9.17) is 19.6 Å². The fourth-order valence-corrected chi connectivity index (χ4v) is 6.35. The number of H-pyrrole nitrogens is 1. The molecule has 0 radical (unpaired) electrons. The Hall–Kier alpha value is -5.29. The first kappa shape index (κ1) is 33.1. The lowest BCUT2D eigenvalue weighted by molar-refractivity contribution is -0.146. The van der Waals surface area contributed by atoms with Crippen molar-refractivity contribution in [2.75, 3.05) is 50.3 Å². The van der Waals surface area contributed by atoms with E-state index in [1.165, 1.54) is 7.05 Å². The van der Waals surface area contributed by atoms with Crippen molar-refractivity contribution >= 4 is 63.1 Å². The molecule has 246 valence electrons. The van der Waals surface area contributed by atoms with Crippen LogP contribution in [-0.2, 0) is 19.1 Å². The number of halogens is 1. The van der Waals surface area contributed by atoms with Crippen LogP contribution in [0.1, 0.15) is 38.3 Å². The van der Waals surface area contributed by atoms with E-state index in [-0.39, 0.29) is 28.7 Å². The summed E-state index contributed by atoms with van der Waals surface area (Å²) in [4.78, 5) is 53.5. The monoisotopic (exact) mass is 645 g/mol. The SMILES string of the molecule is C/C=C(\C=N/C(C)C)c1cnc2[nH]c3c(N(C)C(=O)OCOC(=O)/C=C/C(=O)O)cc(F)c(C#N)c3c2c1N1CC[C@H]2CN(C)C[C@H]21. The number of pyridine rings is 1. The summed E-state index contributed by atoms with van der Waals surface area (Å²) in [5.74, 6) is -2.78. The van der Waals surface area contributed by atoms with Gasteiger partial charge < -0.3 is 29.4 Å². The fraction of sp³-hybridized carbons (Fsp3) is 0.394. The summed E-state index contributed by atoms with van der Waals surface area (Å²) in [6.45, 7) is 7.64. The second-order valence-corrected chi connectivity index (χ2v) is 11.9. The van der Waals surface area contributed by atoms with Crippen LogP contribution in [0.25, 0.3) is 27.5 Å². The first-order valence-electron chi connectivity index (χ1n) is 15.1. The highest BCUT2D eigenvalue weighted by molar-refractivity contribution is 6.22. The van der Waals surface area contributed by atoms with Crippen molar-refractivity contribution in [1.82, 2.24) is 14.9 Å². The number of aromatic nitrogens is 2. The van der Waals surface area contributed by atoms with Crippen LogP contribution >= 0.6 is 0 Å². The molecule has 47 heavy (non-hydrogen) atoms. The van der Waals surface area contributed by atoms with Crippen LogP contribution in [0.3, 0.4) is 0 Å². The largest absolute Gasteiger partial charge is 0.478 e. The van der Waals surface area contributed by atoms with E-state index < -0.39 is 30.6 Å². The summed E-state index contributed by atoms with van der Waals surface area (Å²) in [5, 5.41) is 19.7. The van der Waals surface area contributed by atoms with Gasteiger partial charge in [0.05, 0.1) is 27.8 Å². The molecule has 2 N–H and O–H groups in total. The number of rotatable bonds is 9. The van der Waals surface area contributed by atoms with Gasteiger partial charge in [0.2, 0.25) is 6.79 Å². The number of fused-ring (bicyclic) bond motifs is 4. The molecule has 0 aliphatic carbocycles. The second-order valence-electron chi connectivity index (χ2n) is 11.9. The Kier molecular flexibility index (Phi) is 9.57. The highest BCUT2D eigenvalue weighted by Gasteiger charge is 2.42.